The molecule has 0 saturated heterocycles. The summed E-state index contributed by atoms with van der Waals surface area (Å²) in [6.45, 7) is 15.8. The summed E-state index contributed by atoms with van der Waals surface area (Å²) in [5.74, 6) is 0. The standard InChI is InChI=1S/C10H15.C7H16OS.C4H7.U/c1-4-6-7-8-9-10(3)5-2;1-6(2,8-5)7(3,4)9;1-2-4-3-1;/h7-9H,2,4,6H2,1,3H3;9H,1-5H3;1H,2-4H2;/q-1;;-1;+2/b8-7-,10-9-;;;. The minimum absolute atomic E-state index is 0. The van der Waals surface area contributed by atoms with E-state index in [2.05, 4.69) is 50.8 Å². The Labute approximate surface area is 181 Å². The summed E-state index contributed by atoms with van der Waals surface area (Å²) in [7, 11) is 1.71. The van der Waals surface area contributed by atoms with E-state index in [-0.39, 0.29) is 41.5 Å². The molecule has 0 aromatic heterocycles. The predicted molar refractivity (Wildman–Crippen MR) is 109 cm³/mol. The minimum atomic E-state index is -0.157. The first-order chi connectivity index (χ1) is 10.6. The Bertz CT molecular complexity index is 343. The van der Waals surface area contributed by atoms with Crippen molar-refractivity contribution in [2.45, 2.75) is 84.0 Å². The molecule has 1 rings (SSSR count). The summed E-state index contributed by atoms with van der Waals surface area (Å²) in [5, 5.41) is 0. The van der Waals surface area contributed by atoms with Gasteiger partial charge in [0.2, 0.25) is 0 Å². The van der Waals surface area contributed by atoms with Crippen LogP contribution in [0.4, 0.5) is 0 Å². The molecule has 0 aromatic carbocycles. The molecule has 138 valence electrons. The molecule has 0 unspecified atom stereocenters. The molecule has 0 atom stereocenters. The maximum atomic E-state index is 5.23. The van der Waals surface area contributed by atoms with Crippen LogP contribution in [-0.4, -0.2) is 17.5 Å². The zero-order chi connectivity index (χ0) is 18.4. The zero-order valence-electron chi connectivity index (χ0n) is 16.9. The van der Waals surface area contributed by atoms with Crippen molar-refractivity contribution < 1.29 is 35.9 Å². The largest absolute Gasteiger partial charge is 2.00 e. The van der Waals surface area contributed by atoms with Crippen molar-refractivity contribution in [1.82, 2.24) is 0 Å². The van der Waals surface area contributed by atoms with E-state index < -0.39 is 0 Å². The van der Waals surface area contributed by atoms with Crippen LogP contribution in [0.2, 0.25) is 0 Å². The van der Waals surface area contributed by atoms with Crippen molar-refractivity contribution in [3.63, 3.8) is 0 Å². The molecule has 3 heteroatoms. The van der Waals surface area contributed by atoms with E-state index in [0.29, 0.717) is 0 Å². The molecule has 24 heavy (non-hydrogen) atoms. The molecule has 1 saturated carbocycles. The second-order valence-electron chi connectivity index (χ2n) is 6.74. The van der Waals surface area contributed by atoms with Crippen molar-refractivity contribution in [2.75, 3.05) is 7.11 Å². The predicted octanol–water partition coefficient (Wildman–Crippen LogP) is 6.77. The number of thiol groups is 1. The molecular weight excluding hydrogens is 538 g/mol. The Balaban J connectivity index is -0.000000289. The first-order valence-electron chi connectivity index (χ1n) is 8.58. The second-order valence-corrected chi connectivity index (χ2v) is 7.85. The van der Waals surface area contributed by atoms with Crippen LogP contribution in [0.5, 0.6) is 0 Å². The van der Waals surface area contributed by atoms with Gasteiger partial charge in [0, 0.05) is 11.9 Å². The third kappa shape index (κ3) is 17.4. The van der Waals surface area contributed by atoms with E-state index in [4.69, 9.17) is 4.74 Å². The van der Waals surface area contributed by atoms with Gasteiger partial charge in [-0.05, 0) is 34.1 Å². The normalized spacial score (nSPS) is 14.4. The molecule has 0 aromatic rings. The van der Waals surface area contributed by atoms with Crippen LogP contribution in [0.15, 0.2) is 30.4 Å². The maximum Gasteiger partial charge on any atom is 2.00 e. The average Bonchev–Trinajstić information content (AvgIpc) is 2.41. The van der Waals surface area contributed by atoms with Crippen LogP contribution in [-0.2, 0) is 4.74 Å². The Morgan fingerprint density at radius 1 is 1.29 bits per heavy atom. The molecule has 1 aliphatic carbocycles. The summed E-state index contributed by atoms with van der Waals surface area (Å²) >= 11 is 4.39. The van der Waals surface area contributed by atoms with Gasteiger partial charge in [0.1, 0.15) is 0 Å². The van der Waals surface area contributed by atoms with E-state index >= 15 is 0 Å². The molecule has 0 N–H and O–H groups in total. The first kappa shape index (κ1) is 29.3. The zero-order valence-corrected chi connectivity index (χ0v) is 22.0. The summed E-state index contributed by atoms with van der Waals surface area (Å²) < 4.78 is 5.14. The first-order valence-corrected chi connectivity index (χ1v) is 9.02. The van der Waals surface area contributed by atoms with E-state index in [1.807, 2.05) is 40.7 Å². The van der Waals surface area contributed by atoms with Gasteiger partial charge in [-0.2, -0.15) is 32.0 Å². The van der Waals surface area contributed by atoms with Crippen LogP contribution in [0.25, 0.3) is 0 Å². The van der Waals surface area contributed by atoms with Gasteiger partial charge in [0.15, 0.2) is 0 Å². The molecule has 0 bridgehead atoms. The van der Waals surface area contributed by atoms with Gasteiger partial charge >= 0.3 is 31.1 Å². The van der Waals surface area contributed by atoms with Crippen molar-refractivity contribution >= 4 is 12.6 Å². The van der Waals surface area contributed by atoms with Crippen molar-refractivity contribution in [3.8, 4) is 0 Å². The molecule has 0 spiro atoms. The van der Waals surface area contributed by atoms with Crippen molar-refractivity contribution in [3.05, 3.63) is 42.9 Å². The summed E-state index contributed by atoms with van der Waals surface area (Å²) in [6, 6.07) is 0. The number of hydrogen-bond acceptors (Lipinski definition) is 2. The summed E-state index contributed by atoms with van der Waals surface area (Å²) in [5.41, 5.74) is 0.934. The smallest absolute Gasteiger partial charge is 0.377 e. The minimum Gasteiger partial charge on any atom is -0.377 e. The Kier molecular flexibility index (Phi) is 20.8. The Morgan fingerprint density at radius 2 is 1.75 bits per heavy atom. The second kappa shape index (κ2) is 17.0. The van der Waals surface area contributed by atoms with E-state index in [0.717, 1.165) is 12.0 Å². The number of rotatable bonds is 6. The van der Waals surface area contributed by atoms with Gasteiger partial charge < -0.3 is 11.2 Å². The molecular formula is C21H38OSU. The topological polar surface area (TPSA) is 9.23 Å². The van der Waals surface area contributed by atoms with Gasteiger partial charge in [0.05, 0.1) is 5.60 Å². The molecule has 0 aliphatic heterocycles. The van der Waals surface area contributed by atoms with E-state index in [1.165, 1.54) is 25.7 Å². The van der Waals surface area contributed by atoms with Crippen LogP contribution < -0.4 is 0 Å². The van der Waals surface area contributed by atoms with Gasteiger partial charge in [-0.25, -0.2) is 11.6 Å². The number of ether oxygens (including phenoxy) is 1. The number of hydrogen-bond donors (Lipinski definition) is 1. The van der Waals surface area contributed by atoms with Gasteiger partial charge in [-0.3, -0.25) is 6.08 Å². The fourth-order valence-corrected chi connectivity index (χ4v) is 1.08. The third-order valence-corrected chi connectivity index (χ3v) is 4.56. The fraction of sp³-hybridized carbons (Fsp3) is 0.667. The summed E-state index contributed by atoms with van der Waals surface area (Å²) in [4.78, 5) is 0. The van der Waals surface area contributed by atoms with Crippen LogP contribution in [0.3, 0.4) is 0 Å². The number of allylic oxidation sites excluding steroid dienone is 5. The molecule has 0 heterocycles. The van der Waals surface area contributed by atoms with Gasteiger partial charge in [0.25, 0.3) is 0 Å². The van der Waals surface area contributed by atoms with E-state index in [9.17, 15) is 0 Å². The maximum absolute atomic E-state index is 5.23. The number of unbranched alkanes of at least 4 members (excludes halogenated alkanes) is 1. The van der Waals surface area contributed by atoms with Gasteiger partial charge in [-0.1, -0.05) is 20.3 Å². The molecule has 1 aliphatic rings. The molecule has 0 radical (unpaired) electrons. The van der Waals surface area contributed by atoms with Crippen LogP contribution >= 0.6 is 12.6 Å². The molecule has 0 amide bonds. The third-order valence-electron chi connectivity index (χ3n) is 4.02. The Hall–Kier alpha value is 0.582. The molecule has 1 nitrogen and oxygen atoms in total. The quantitative estimate of drug-likeness (QED) is 0.209. The SMILES string of the molecule is C=[C-]/C(C)=C\C=C/CCC.COC(C)(C)C(C)(C)S.[CH-]1CCC1.[U+2]. The van der Waals surface area contributed by atoms with Crippen LogP contribution in [0, 0.1) is 43.6 Å². The summed E-state index contributed by atoms with van der Waals surface area (Å²) in [6.07, 6.45) is 17.9. The molecule has 1 fully saturated rings. The Morgan fingerprint density at radius 3 is 1.96 bits per heavy atom. The van der Waals surface area contributed by atoms with Gasteiger partial charge in [-0.15, -0.1) is 18.6 Å². The van der Waals surface area contributed by atoms with Crippen LogP contribution in [0.1, 0.15) is 73.6 Å². The van der Waals surface area contributed by atoms with Crippen molar-refractivity contribution in [2.24, 2.45) is 0 Å². The average molecular weight is 577 g/mol. The fourth-order valence-electron chi connectivity index (χ4n) is 0.988. The van der Waals surface area contributed by atoms with Crippen molar-refractivity contribution in [1.29, 1.82) is 0 Å². The van der Waals surface area contributed by atoms with E-state index in [1.54, 1.807) is 7.11 Å². The number of methoxy groups -OCH3 is 1. The monoisotopic (exact) mass is 576 g/mol.